The Labute approximate surface area is 159 Å². The van der Waals surface area contributed by atoms with Crippen LogP contribution in [0.3, 0.4) is 0 Å². The van der Waals surface area contributed by atoms with Crippen LogP contribution in [0, 0.1) is 0 Å². The summed E-state index contributed by atoms with van der Waals surface area (Å²) in [7, 11) is 3.41. The second kappa shape index (κ2) is 9.83. The van der Waals surface area contributed by atoms with Crippen LogP contribution < -0.4 is 10.1 Å². The van der Waals surface area contributed by atoms with Crippen molar-refractivity contribution in [2.75, 3.05) is 31.9 Å². The largest absolute Gasteiger partial charge is 0.497 e. The number of hydrogen-bond acceptors (Lipinski definition) is 6. The van der Waals surface area contributed by atoms with Gasteiger partial charge in [0.1, 0.15) is 5.75 Å². The second-order valence-corrected chi connectivity index (χ2v) is 7.55. The molecule has 1 fully saturated rings. The van der Waals surface area contributed by atoms with Crippen LogP contribution >= 0.6 is 11.8 Å². The standard InChI is InChI=1S/C19H28N4O2S/c1-24-11-12-26-19-22-21-18(23(19)16-8-4-3-5-9-16)14-20-15-7-6-10-17(13-15)25-2/h6-7,10,13,16,20H,3-5,8-9,11-12,14H2,1-2H3. The van der Waals surface area contributed by atoms with Crippen LogP contribution in [0.25, 0.3) is 0 Å². The van der Waals surface area contributed by atoms with Crippen molar-refractivity contribution < 1.29 is 9.47 Å². The molecule has 1 aliphatic carbocycles. The summed E-state index contributed by atoms with van der Waals surface area (Å²) in [5.74, 6) is 2.74. The lowest BCUT2D eigenvalue weighted by Gasteiger charge is -2.25. The SMILES string of the molecule is COCCSc1nnc(CNc2cccc(OC)c2)n1C1CCCCC1. The average molecular weight is 377 g/mol. The van der Waals surface area contributed by atoms with Gasteiger partial charge in [0.25, 0.3) is 0 Å². The molecule has 1 heterocycles. The summed E-state index contributed by atoms with van der Waals surface area (Å²) in [6, 6.07) is 8.47. The lowest BCUT2D eigenvalue weighted by Crippen LogP contribution is -2.18. The first kappa shape index (κ1) is 19.0. The van der Waals surface area contributed by atoms with Crippen LogP contribution in [0.2, 0.25) is 0 Å². The van der Waals surface area contributed by atoms with Crippen molar-refractivity contribution in [1.29, 1.82) is 0 Å². The fourth-order valence-corrected chi connectivity index (χ4v) is 4.29. The Morgan fingerprint density at radius 1 is 1.19 bits per heavy atom. The highest BCUT2D eigenvalue weighted by molar-refractivity contribution is 7.99. The molecule has 6 nitrogen and oxygen atoms in total. The normalized spacial score (nSPS) is 15.2. The monoisotopic (exact) mass is 376 g/mol. The lowest BCUT2D eigenvalue weighted by atomic mass is 9.95. The van der Waals surface area contributed by atoms with E-state index in [0.29, 0.717) is 12.6 Å². The second-order valence-electron chi connectivity index (χ2n) is 6.49. The molecule has 1 saturated carbocycles. The van der Waals surface area contributed by atoms with Gasteiger partial charge in [-0.25, -0.2) is 0 Å². The molecular formula is C19H28N4O2S. The van der Waals surface area contributed by atoms with Crippen molar-refractivity contribution in [2.45, 2.75) is 49.8 Å². The molecule has 0 bridgehead atoms. The van der Waals surface area contributed by atoms with Crippen LogP contribution in [0.5, 0.6) is 5.75 Å². The highest BCUT2D eigenvalue weighted by Crippen LogP contribution is 2.32. The third kappa shape index (κ3) is 4.92. The summed E-state index contributed by atoms with van der Waals surface area (Å²) in [4.78, 5) is 0. The van der Waals surface area contributed by atoms with E-state index in [1.807, 2.05) is 24.3 Å². The molecule has 2 aromatic rings. The zero-order chi connectivity index (χ0) is 18.2. The van der Waals surface area contributed by atoms with Gasteiger partial charge in [-0.15, -0.1) is 10.2 Å². The first-order valence-electron chi connectivity index (χ1n) is 9.25. The minimum Gasteiger partial charge on any atom is -0.497 e. The van der Waals surface area contributed by atoms with Crippen molar-refractivity contribution in [3.8, 4) is 5.75 Å². The van der Waals surface area contributed by atoms with Crippen LogP contribution in [0.15, 0.2) is 29.4 Å². The summed E-state index contributed by atoms with van der Waals surface area (Å²) >= 11 is 1.73. The van der Waals surface area contributed by atoms with Crippen LogP contribution in [0.4, 0.5) is 5.69 Å². The number of anilines is 1. The van der Waals surface area contributed by atoms with Gasteiger partial charge >= 0.3 is 0 Å². The Bertz CT molecular complexity index is 686. The molecule has 7 heteroatoms. The zero-order valence-corrected chi connectivity index (χ0v) is 16.4. The summed E-state index contributed by atoms with van der Waals surface area (Å²) in [6.07, 6.45) is 6.33. The molecular weight excluding hydrogens is 348 g/mol. The number of ether oxygens (including phenoxy) is 2. The number of rotatable bonds is 9. The third-order valence-corrected chi connectivity index (χ3v) is 5.62. The van der Waals surface area contributed by atoms with Gasteiger partial charge in [0.05, 0.1) is 20.3 Å². The number of thioether (sulfide) groups is 1. The number of methoxy groups -OCH3 is 2. The summed E-state index contributed by atoms with van der Waals surface area (Å²) < 4.78 is 12.8. The molecule has 1 N–H and O–H groups in total. The fraction of sp³-hybridized carbons (Fsp3) is 0.579. The van der Waals surface area contributed by atoms with Crippen molar-refractivity contribution in [3.63, 3.8) is 0 Å². The van der Waals surface area contributed by atoms with Crippen molar-refractivity contribution in [1.82, 2.24) is 14.8 Å². The fourth-order valence-electron chi connectivity index (χ4n) is 3.36. The first-order valence-corrected chi connectivity index (χ1v) is 10.2. The molecule has 1 aromatic heterocycles. The van der Waals surface area contributed by atoms with Gasteiger partial charge in [-0.05, 0) is 25.0 Å². The topological polar surface area (TPSA) is 61.2 Å². The molecule has 0 amide bonds. The van der Waals surface area contributed by atoms with Gasteiger partial charge in [0.2, 0.25) is 0 Å². The zero-order valence-electron chi connectivity index (χ0n) is 15.6. The minimum atomic E-state index is 0.505. The molecule has 0 spiro atoms. The molecule has 0 saturated heterocycles. The minimum absolute atomic E-state index is 0.505. The highest BCUT2D eigenvalue weighted by Gasteiger charge is 2.22. The third-order valence-electron chi connectivity index (χ3n) is 4.71. The summed E-state index contributed by atoms with van der Waals surface area (Å²) in [5.41, 5.74) is 1.02. The Morgan fingerprint density at radius 2 is 2.04 bits per heavy atom. The number of hydrogen-bond donors (Lipinski definition) is 1. The maximum absolute atomic E-state index is 5.30. The molecule has 3 rings (SSSR count). The van der Waals surface area contributed by atoms with Gasteiger partial charge in [-0.2, -0.15) is 0 Å². The van der Waals surface area contributed by atoms with Crippen LogP contribution in [-0.2, 0) is 11.3 Å². The summed E-state index contributed by atoms with van der Waals surface area (Å²) in [5, 5.41) is 13.4. The van der Waals surface area contributed by atoms with Crippen LogP contribution in [-0.4, -0.2) is 41.3 Å². The molecule has 0 atom stereocenters. The average Bonchev–Trinajstić information content (AvgIpc) is 3.10. The molecule has 142 valence electrons. The van der Waals surface area contributed by atoms with E-state index in [2.05, 4.69) is 20.1 Å². The van der Waals surface area contributed by atoms with Gasteiger partial charge in [0.15, 0.2) is 11.0 Å². The molecule has 1 aliphatic rings. The molecule has 26 heavy (non-hydrogen) atoms. The number of aromatic nitrogens is 3. The van der Waals surface area contributed by atoms with E-state index < -0.39 is 0 Å². The number of nitrogens with one attached hydrogen (secondary N) is 1. The van der Waals surface area contributed by atoms with E-state index in [-0.39, 0.29) is 0 Å². The van der Waals surface area contributed by atoms with E-state index in [1.165, 1.54) is 32.1 Å². The number of benzene rings is 1. The Kier molecular flexibility index (Phi) is 7.20. The highest BCUT2D eigenvalue weighted by atomic mass is 32.2. The van der Waals surface area contributed by atoms with Gasteiger partial charge in [-0.1, -0.05) is 37.1 Å². The quantitative estimate of drug-likeness (QED) is 0.524. The first-order chi connectivity index (χ1) is 12.8. The number of nitrogens with zero attached hydrogens (tertiary/aromatic N) is 3. The van der Waals surface area contributed by atoms with E-state index in [1.54, 1.807) is 26.0 Å². The van der Waals surface area contributed by atoms with E-state index in [9.17, 15) is 0 Å². The lowest BCUT2D eigenvalue weighted by molar-refractivity contribution is 0.218. The van der Waals surface area contributed by atoms with E-state index >= 15 is 0 Å². The Balaban J connectivity index is 1.74. The summed E-state index contributed by atoms with van der Waals surface area (Å²) in [6.45, 7) is 1.38. The molecule has 0 aliphatic heterocycles. The molecule has 0 radical (unpaired) electrons. The Morgan fingerprint density at radius 3 is 2.81 bits per heavy atom. The van der Waals surface area contributed by atoms with Gasteiger partial charge < -0.3 is 19.4 Å². The van der Waals surface area contributed by atoms with Crippen molar-refractivity contribution in [2.24, 2.45) is 0 Å². The molecule has 1 aromatic carbocycles. The maximum Gasteiger partial charge on any atom is 0.191 e. The van der Waals surface area contributed by atoms with Crippen LogP contribution in [0.1, 0.15) is 44.0 Å². The molecule has 0 unspecified atom stereocenters. The van der Waals surface area contributed by atoms with Crippen molar-refractivity contribution >= 4 is 17.4 Å². The van der Waals surface area contributed by atoms with E-state index in [4.69, 9.17) is 9.47 Å². The van der Waals surface area contributed by atoms with Gasteiger partial charge in [-0.3, -0.25) is 0 Å². The predicted octanol–water partition coefficient (Wildman–Crippen LogP) is 4.14. The van der Waals surface area contributed by atoms with Crippen molar-refractivity contribution in [3.05, 3.63) is 30.1 Å². The smallest absolute Gasteiger partial charge is 0.191 e. The maximum atomic E-state index is 5.30. The van der Waals surface area contributed by atoms with E-state index in [0.717, 1.165) is 34.8 Å². The van der Waals surface area contributed by atoms with Gasteiger partial charge in [0, 0.05) is 30.7 Å². The Hall–Kier alpha value is -1.73. The predicted molar refractivity (Wildman–Crippen MR) is 105 cm³/mol.